The Morgan fingerprint density at radius 2 is 2.42 bits per heavy atom. The first-order valence-electron chi connectivity index (χ1n) is 5.62. The molecule has 0 radical (unpaired) electrons. The van der Waals surface area contributed by atoms with E-state index in [1.165, 1.54) is 12.3 Å². The minimum atomic E-state index is -0.711. The highest BCUT2D eigenvalue weighted by Crippen LogP contribution is 2.27. The number of aromatic nitrogens is 1. The molecule has 0 aliphatic carbocycles. The summed E-state index contributed by atoms with van der Waals surface area (Å²) in [4.78, 5) is 26.0. The van der Waals surface area contributed by atoms with Crippen LogP contribution in [0.15, 0.2) is 12.3 Å². The summed E-state index contributed by atoms with van der Waals surface area (Å²) in [5.74, 6) is -0.552. The summed E-state index contributed by atoms with van der Waals surface area (Å²) in [5.41, 5.74) is -1.09. The van der Waals surface area contributed by atoms with Crippen molar-refractivity contribution in [2.45, 2.75) is 18.9 Å². The third kappa shape index (κ3) is 2.82. The number of ether oxygens (including phenoxy) is 1. The van der Waals surface area contributed by atoms with E-state index in [2.05, 4.69) is 10.3 Å². The lowest BCUT2D eigenvalue weighted by Gasteiger charge is -2.23. The summed E-state index contributed by atoms with van der Waals surface area (Å²) in [7, 11) is 0. The quantitative estimate of drug-likeness (QED) is 0.516. The Morgan fingerprint density at radius 3 is 3.00 bits per heavy atom. The molecule has 102 valence electrons. The number of halogens is 1. The predicted molar refractivity (Wildman–Crippen MR) is 67.2 cm³/mol. The molecule has 1 saturated heterocycles. The zero-order valence-electron chi connectivity index (χ0n) is 10.2. The van der Waals surface area contributed by atoms with Gasteiger partial charge in [-0.25, -0.2) is 4.98 Å². The minimum absolute atomic E-state index is 0.0990. The average molecular weight is 286 g/mol. The van der Waals surface area contributed by atoms with Crippen LogP contribution in [0.2, 0.25) is 5.15 Å². The number of amides is 1. The van der Waals surface area contributed by atoms with Crippen LogP contribution >= 0.6 is 11.6 Å². The lowest BCUT2D eigenvalue weighted by Crippen LogP contribution is -2.46. The first kappa shape index (κ1) is 13.7. The van der Waals surface area contributed by atoms with Gasteiger partial charge in [0.1, 0.15) is 5.56 Å². The second kappa shape index (κ2) is 5.10. The molecule has 0 spiro atoms. The van der Waals surface area contributed by atoms with Gasteiger partial charge in [0, 0.05) is 12.8 Å². The molecule has 1 atom stereocenters. The Bertz CT molecular complexity index is 529. The van der Waals surface area contributed by atoms with Gasteiger partial charge in [-0.2, -0.15) is 0 Å². The summed E-state index contributed by atoms with van der Waals surface area (Å²) in [6, 6.07) is 1.28. The number of nitro groups is 1. The fraction of sp³-hybridized carbons (Fsp3) is 0.455. The van der Waals surface area contributed by atoms with Crippen LogP contribution in [-0.4, -0.2) is 34.6 Å². The molecule has 1 aromatic heterocycles. The van der Waals surface area contributed by atoms with Gasteiger partial charge in [-0.05, 0) is 19.4 Å². The van der Waals surface area contributed by atoms with Crippen molar-refractivity contribution in [3.63, 3.8) is 0 Å². The molecule has 1 N–H and O–H groups in total. The van der Waals surface area contributed by atoms with E-state index in [0.717, 1.165) is 0 Å². The molecule has 1 aromatic rings. The maximum Gasteiger partial charge on any atom is 0.319 e. The van der Waals surface area contributed by atoms with Crippen LogP contribution in [0.3, 0.4) is 0 Å². The Morgan fingerprint density at radius 1 is 1.68 bits per heavy atom. The van der Waals surface area contributed by atoms with E-state index in [9.17, 15) is 14.9 Å². The Kier molecular flexibility index (Phi) is 3.68. The van der Waals surface area contributed by atoms with Crippen molar-refractivity contribution >= 4 is 23.2 Å². The highest BCUT2D eigenvalue weighted by atomic mass is 35.5. The van der Waals surface area contributed by atoms with Crippen molar-refractivity contribution in [2.24, 2.45) is 0 Å². The number of nitrogens with zero attached hydrogens (tertiary/aromatic N) is 2. The lowest BCUT2D eigenvalue weighted by atomic mass is 10.0. The zero-order chi connectivity index (χ0) is 14.0. The summed E-state index contributed by atoms with van der Waals surface area (Å²) in [6.07, 6.45) is 1.92. The van der Waals surface area contributed by atoms with E-state index < -0.39 is 22.1 Å². The fourth-order valence-corrected chi connectivity index (χ4v) is 2.12. The highest BCUT2D eigenvalue weighted by Gasteiger charge is 2.34. The van der Waals surface area contributed by atoms with Crippen molar-refractivity contribution in [1.82, 2.24) is 10.3 Å². The van der Waals surface area contributed by atoms with Gasteiger partial charge in [0.2, 0.25) is 5.15 Å². The average Bonchev–Trinajstić information content (AvgIpc) is 2.74. The summed E-state index contributed by atoms with van der Waals surface area (Å²) in [5, 5.41) is 13.4. The largest absolute Gasteiger partial charge is 0.379 e. The first-order chi connectivity index (χ1) is 8.93. The Hall–Kier alpha value is -1.73. The maximum absolute atomic E-state index is 12.1. The number of carbonyl (C=O) groups is 1. The normalized spacial score (nSPS) is 22.2. The molecule has 1 aliphatic rings. The molecule has 0 bridgehead atoms. The van der Waals surface area contributed by atoms with Crippen molar-refractivity contribution in [1.29, 1.82) is 0 Å². The SMILES string of the molecule is CC1(NC(=O)c2ccnc(Cl)c2[N+](=O)[O-])CCOC1. The van der Waals surface area contributed by atoms with Gasteiger partial charge in [-0.3, -0.25) is 14.9 Å². The molecule has 7 nitrogen and oxygen atoms in total. The van der Waals surface area contributed by atoms with Crippen molar-refractivity contribution < 1.29 is 14.5 Å². The number of rotatable bonds is 3. The van der Waals surface area contributed by atoms with Gasteiger partial charge < -0.3 is 10.1 Å². The third-order valence-corrected chi connectivity index (χ3v) is 3.22. The molecule has 2 heterocycles. The topological polar surface area (TPSA) is 94.4 Å². The van der Waals surface area contributed by atoms with E-state index in [0.29, 0.717) is 19.6 Å². The summed E-state index contributed by atoms with van der Waals surface area (Å²) < 4.78 is 5.21. The molecule has 1 amide bonds. The molecule has 0 saturated carbocycles. The number of pyridine rings is 1. The Labute approximate surface area is 114 Å². The zero-order valence-corrected chi connectivity index (χ0v) is 10.9. The molecule has 2 rings (SSSR count). The van der Waals surface area contributed by atoms with Crippen molar-refractivity contribution in [3.05, 3.63) is 33.1 Å². The first-order valence-corrected chi connectivity index (χ1v) is 6.00. The second-order valence-corrected chi connectivity index (χ2v) is 4.93. The van der Waals surface area contributed by atoms with Crippen LogP contribution in [-0.2, 0) is 4.74 Å². The standard InChI is InChI=1S/C11H12ClN3O4/c1-11(3-5-19-6-11)14-10(16)7-2-4-13-9(12)8(7)15(17)18/h2,4H,3,5-6H2,1H3,(H,14,16). The smallest absolute Gasteiger partial charge is 0.319 e. The monoisotopic (exact) mass is 285 g/mol. The van der Waals surface area contributed by atoms with E-state index in [-0.39, 0.29) is 10.7 Å². The Balaban J connectivity index is 2.29. The van der Waals surface area contributed by atoms with Crippen LogP contribution in [0.4, 0.5) is 5.69 Å². The summed E-state index contributed by atoms with van der Waals surface area (Å²) in [6.45, 7) is 2.76. The van der Waals surface area contributed by atoms with E-state index in [4.69, 9.17) is 16.3 Å². The number of hydrogen-bond donors (Lipinski definition) is 1. The molecular formula is C11H12ClN3O4. The van der Waals surface area contributed by atoms with Crippen LogP contribution in [0.5, 0.6) is 0 Å². The number of nitrogens with one attached hydrogen (secondary N) is 1. The van der Waals surface area contributed by atoms with E-state index in [1.54, 1.807) is 0 Å². The van der Waals surface area contributed by atoms with Gasteiger partial charge in [-0.1, -0.05) is 11.6 Å². The van der Waals surface area contributed by atoms with Gasteiger partial charge in [0.05, 0.1) is 17.1 Å². The molecule has 1 fully saturated rings. The molecule has 1 unspecified atom stereocenters. The molecular weight excluding hydrogens is 274 g/mol. The van der Waals surface area contributed by atoms with Gasteiger partial charge >= 0.3 is 5.69 Å². The van der Waals surface area contributed by atoms with Gasteiger partial charge in [0.15, 0.2) is 0 Å². The fourth-order valence-electron chi connectivity index (χ4n) is 1.89. The van der Waals surface area contributed by atoms with E-state index >= 15 is 0 Å². The van der Waals surface area contributed by atoms with Crippen LogP contribution in [0.25, 0.3) is 0 Å². The van der Waals surface area contributed by atoms with Crippen LogP contribution in [0.1, 0.15) is 23.7 Å². The number of hydrogen-bond acceptors (Lipinski definition) is 5. The van der Waals surface area contributed by atoms with Crippen LogP contribution in [0, 0.1) is 10.1 Å². The predicted octanol–water partition coefficient (Wildman–Crippen LogP) is 1.55. The molecule has 19 heavy (non-hydrogen) atoms. The van der Waals surface area contributed by atoms with Crippen molar-refractivity contribution in [3.8, 4) is 0 Å². The van der Waals surface area contributed by atoms with Gasteiger partial charge in [-0.15, -0.1) is 0 Å². The molecule has 1 aliphatic heterocycles. The highest BCUT2D eigenvalue weighted by molar-refractivity contribution is 6.32. The van der Waals surface area contributed by atoms with Crippen molar-refractivity contribution in [2.75, 3.05) is 13.2 Å². The maximum atomic E-state index is 12.1. The molecule has 0 aromatic carbocycles. The number of carbonyl (C=O) groups excluding carboxylic acids is 1. The molecule has 8 heteroatoms. The lowest BCUT2D eigenvalue weighted by molar-refractivity contribution is -0.385. The summed E-state index contributed by atoms with van der Waals surface area (Å²) >= 11 is 5.66. The minimum Gasteiger partial charge on any atom is -0.379 e. The second-order valence-electron chi connectivity index (χ2n) is 4.57. The van der Waals surface area contributed by atoms with Gasteiger partial charge in [0.25, 0.3) is 5.91 Å². The third-order valence-electron chi connectivity index (χ3n) is 2.94. The van der Waals surface area contributed by atoms with E-state index in [1.807, 2.05) is 6.92 Å². The van der Waals surface area contributed by atoms with Crippen LogP contribution < -0.4 is 5.32 Å².